The molecule has 0 aliphatic carbocycles. The minimum atomic E-state index is -0.581. The van der Waals surface area contributed by atoms with Crippen LogP contribution in [0.25, 0.3) is 0 Å². The van der Waals surface area contributed by atoms with Crippen molar-refractivity contribution in [1.82, 2.24) is 9.97 Å². The smallest absolute Gasteiger partial charge is 0.181 e. The topological polar surface area (TPSA) is 35.0 Å². The number of aromatic nitrogens is 2. The molecular formula is C11H16ClFN2O. The Bertz CT molecular complexity index is 349. The zero-order valence-electron chi connectivity index (χ0n) is 9.97. The number of halogens is 2. The largest absolute Gasteiger partial charge is 0.370 e. The summed E-state index contributed by atoms with van der Waals surface area (Å²) in [6, 6.07) is 0. The first-order valence-electron chi connectivity index (χ1n) is 5.26. The molecule has 0 amide bonds. The highest BCUT2D eigenvalue weighted by Gasteiger charge is 2.32. The minimum absolute atomic E-state index is 0.147. The maximum absolute atomic E-state index is 13.3. The number of nitrogens with zero attached hydrogens (tertiary/aromatic N) is 2. The first-order chi connectivity index (χ1) is 7.50. The van der Waals surface area contributed by atoms with E-state index in [0.29, 0.717) is 18.7 Å². The lowest BCUT2D eigenvalue weighted by molar-refractivity contribution is -0.0294. The third kappa shape index (κ3) is 2.18. The Morgan fingerprint density at radius 2 is 1.88 bits per heavy atom. The molecule has 5 heteroatoms. The maximum Gasteiger partial charge on any atom is 0.181 e. The lowest BCUT2D eigenvalue weighted by Crippen LogP contribution is -2.30. The number of rotatable bonds is 4. The molecule has 0 spiro atoms. The summed E-state index contributed by atoms with van der Waals surface area (Å²) in [6.07, 6.45) is 1.42. The van der Waals surface area contributed by atoms with Gasteiger partial charge in [-0.2, -0.15) is 0 Å². The summed E-state index contributed by atoms with van der Waals surface area (Å²) in [5.74, 6) is -0.119. The molecule has 1 aromatic rings. The van der Waals surface area contributed by atoms with Gasteiger partial charge in [-0.15, -0.1) is 0 Å². The average Bonchev–Trinajstić information content (AvgIpc) is 2.29. The van der Waals surface area contributed by atoms with Crippen LogP contribution < -0.4 is 0 Å². The predicted molar refractivity (Wildman–Crippen MR) is 61.0 cm³/mol. The van der Waals surface area contributed by atoms with E-state index in [9.17, 15) is 4.39 Å². The Labute approximate surface area is 100 Å². The minimum Gasteiger partial charge on any atom is -0.370 e. The molecule has 0 radical (unpaired) electrons. The van der Waals surface area contributed by atoms with Crippen LogP contribution in [0.1, 0.15) is 38.2 Å². The van der Waals surface area contributed by atoms with Crippen LogP contribution in [0.3, 0.4) is 0 Å². The van der Waals surface area contributed by atoms with Crippen LogP contribution in [0.15, 0.2) is 0 Å². The van der Waals surface area contributed by atoms with Crippen LogP contribution in [0, 0.1) is 12.7 Å². The van der Waals surface area contributed by atoms with E-state index in [1.165, 1.54) is 0 Å². The van der Waals surface area contributed by atoms with Crippen molar-refractivity contribution in [3.8, 4) is 0 Å². The van der Waals surface area contributed by atoms with Crippen molar-refractivity contribution in [2.75, 3.05) is 7.11 Å². The summed E-state index contributed by atoms with van der Waals surface area (Å²) >= 11 is 5.71. The van der Waals surface area contributed by atoms with E-state index in [1.807, 2.05) is 13.8 Å². The summed E-state index contributed by atoms with van der Waals surface area (Å²) in [7, 11) is 1.60. The Kier molecular flexibility index (Phi) is 4.21. The van der Waals surface area contributed by atoms with E-state index < -0.39 is 11.4 Å². The van der Waals surface area contributed by atoms with E-state index in [2.05, 4.69) is 9.97 Å². The summed E-state index contributed by atoms with van der Waals surface area (Å²) in [5, 5.41) is -0.147. The van der Waals surface area contributed by atoms with Crippen LogP contribution in [-0.2, 0) is 10.3 Å². The standard InChI is InChI=1S/C11H16ClFN2O/c1-5-11(6-2,16-4)10-14-7(3)8(13)9(12)15-10/h5-6H2,1-4H3. The van der Waals surface area contributed by atoms with E-state index in [1.54, 1.807) is 14.0 Å². The highest BCUT2D eigenvalue weighted by atomic mass is 35.5. The molecule has 1 heterocycles. The molecule has 16 heavy (non-hydrogen) atoms. The van der Waals surface area contributed by atoms with Gasteiger partial charge in [-0.1, -0.05) is 25.4 Å². The molecular weight excluding hydrogens is 231 g/mol. The number of ether oxygens (including phenoxy) is 1. The van der Waals surface area contributed by atoms with Crippen LogP contribution >= 0.6 is 11.6 Å². The zero-order valence-corrected chi connectivity index (χ0v) is 10.7. The lowest BCUT2D eigenvalue weighted by atomic mass is 9.96. The van der Waals surface area contributed by atoms with Gasteiger partial charge in [0.1, 0.15) is 5.60 Å². The summed E-state index contributed by atoms with van der Waals surface area (Å²) in [4.78, 5) is 8.10. The first kappa shape index (κ1) is 13.3. The number of hydrogen-bond donors (Lipinski definition) is 0. The maximum atomic E-state index is 13.3. The van der Waals surface area contributed by atoms with Crippen molar-refractivity contribution in [3.63, 3.8) is 0 Å². The van der Waals surface area contributed by atoms with Crippen molar-refractivity contribution in [1.29, 1.82) is 0 Å². The predicted octanol–water partition coefficient (Wildman–Crippen LogP) is 3.24. The van der Waals surface area contributed by atoms with Gasteiger partial charge < -0.3 is 4.74 Å². The van der Waals surface area contributed by atoms with E-state index in [0.717, 1.165) is 0 Å². The first-order valence-corrected chi connectivity index (χ1v) is 5.63. The highest BCUT2D eigenvalue weighted by molar-refractivity contribution is 6.29. The molecule has 0 N–H and O–H groups in total. The zero-order chi connectivity index (χ0) is 12.3. The fraction of sp³-hybridized carbons (Fsp3) is 0.636. The van der Waals surface area contributed by atoms with Crippen molar-refractivity contribution < 1.29 is 9.13 Å². The second-order valence-corrected chi connectivity index (χ2v) is 4.00. The SMILES string of the molecule is CCC(CC)(OC)c1nc(C)c(F)c(Cl)n1. The second-order valence-electron chi connectivity index (χ2n) is 3.64. The van der Waals surface area contributed by atoms with E-state index >= 15 is 0 Å². The molecule has 1 rings (SSSR count). The molecule has 0 aliphatic rings. The van der Waals surface area contributed by atoms with Crippen LogP contribution in [0.2, 0.25) is 5.15 Å². The monoisotopic (exact) mass is 246 g/mol. The van der Waals surface area contributed by atoms with Crippen LogP contribution in [-0.4, -0.2) is 17.1 Å². The third-order valence-electron chi connectivity index (χ3n) is 2.92. The average molecular weight is 247 g/mol. The summed E-state index contributed by atoms with van der Waals surface area (Å²) in [5.41, 5.74) is -0.333. The lowest BCUT2D eigenvalue weighted by Gasteiger charge is -2.28. The summed E-state index contributed by atoms with van der Waals surface area (Å²) < 4.78 is 18.8. The quantitative estimate of drug-likeness (QED) is 0.765. The molecule has 0 saturated carbocycles. The van der Waals surface area contributed by atoms with E-state index in [4.69, 9.17) is 16.3 Å². The van der Waals surface area contributed by atoms with Crippen molar-refractivity contribution in [2.24, 2.45) is 0 Å². The molecule has 0 aromatic carbocycles. The third-order valence-corrected chi connectivity index (χ3v) is 3.17. The Morgan fingerprint density at radius 3 is 2.25 bits per heavy atom. The van der Waals surface area contributed by atoms with Gasteiger partial charge in [0.15, 0.2) is 16.8 Å². The fourth-order valence-corrected chi connectivity index (χ4v) is 1.89. The van der Waals surface area contributed by atoms with Gasteiger partial charge in [0, 0.05) is 7.11 Å². The van der Waals surface area contributed by atoms with Gasteiger partial charge in [0.25, 0.3) is 0 Å². The normalized spacial score (nSPS) is 11.9. The molecule has 0 bridgehead atoms. The van der Waals surface area contributed by atoms with Crippen molar-refractivity contribution in [2.45, 2.75) is 39.2 Å². The van der Waals surface area contributed by atoms with Gasteiger partial charge in [0.2, 0.25) is 0 Å². The molecule has 3 nitrogen and oxygen atoms in total. The second kappa shape index (κ2) is 5.06. The molecule has 0 saturated heterocycles. The Balaban J connectivity index is 3.31. The highest BCUT2D eigenvalue weighted by Crippen LogP contribution is 2.31. The molecule has 0 atom stereocenters. The van der Waals surface area contributed by atoms with Gasteiger partial charge in [-0.3, -0.25) is 0 Å². The van der Waals surface area contributed by atoms with Gasteiger partial charge in [-0.05, 0) is 19.8 Å². The van der Waals surface area contributed by atoms with Crippen molar-refractivity contribution >= 4 is 11.6 Å². The van der Waals surface area contributed by atoms with Crippen LogP contribution in [0.5, 0.6) is 0 Å². The summed E-state index contributed by atoms with van der Waals surface area (Å²) in [6.45, 7) is 5.52. The number of aryl methyl sites for hydroxylation is 1. The van der Waals surface area contributed by atoms with Gasteiger partial charge >= 0.3 is 0 Å². The van der Waals surface area contributed by atoms with E-state index in [-0.39, 0.29) is 10.8 Å². The fourth-order valence-electron chi connectivity index (χ4n) is 1.67. The van der Waals surface area contributed by atoms with Crippen LogP contribution in [0.4, 0.5) is 4.39 Å². The number of hydrogen-bond acceptors (Lipinski definition) is 3. The Hall–Kier alpha value is -0.740. The van der Waals surface area contributed by atoms with Gasteiger partial charge in [0.05, 0.1) is 5.69 Å². The molecule has 1 aromatic heterocycles. The molecule has 90 valence electrons. The van der Waals surface area contributed by atoms with Gasteiger partial charge in [-0.25, -0.2) is 14.4 Å². The number of methoxy groups -OCH3 is 1. The Morgan fingerprint density at radius 1 is 1.31 bits per heavy atom. The van der Waals surface area contributed by atoms with Crippen molar-refractivity contribution in [3.05, 3.63) is 22.5 Å². The molecule has 0 unspecified atom stereocenters. The molecule has 0 fully saturated rings. The molecule has 0 aliphatic heterocycles.